The molecule has 0 bridgehead atoms. The lowest BCUT2D eigenvalue weighted by Gasteiger charge is -2.28. The second-order valence-electron chi connectivity index (χ2n) is 4.06. The van der Waals surface area contributed by atoms with Gasteiger partial charge >= 0.3 is 5.97 Å². The molecular formula is C12H15F2NO2. The Morgan fingerprint density at radius 2 is 1.71 bits per heavy atom. The number of rotatable bonds is 4. The second-order valence-corrected chi connectivity index (χ2v) is 4.06. The molecule has 0 saturated heterocycles. The highest BCUT2D eigenvalue weighted by Crippen LogP contribution is 2.22. The summed E-state index contributed by atoms with van der Waals surface area (Å²) in [6.07, 6.45) is 0. The Kier molecular flexibility index (Phi) is 4.17. The zero-order valence-corrected chi connectivity index (χ0v) is 9.95. The molecular weight excluding hydrogens is 228 g/mol. The van der Waals surface area contributed by atoms with Crippen molar-refractivity contribution >= 4 is 5.97 Å². The van der Waals surface area contributed by atoms with E-state index in [9.17, 15) is 13.6 Å². The zero-order valence-electron chi connectivity index (χ0n) is 9.95. The van der Waals surface area contributed by atoms with E-state index in [0.29, 0.717) is 5.56 Å². The Bertz CT molecular complexity index is 403. The molecule has 1 N–H and O–H groups in total. The number of carboxylic acids is 1. The van der Waals surface area contributed by atoms with E-state index in [2.05, 4.69) is 0 Å². The molecule has 1 aromatic carbocycles. The van der Waals surface area contributed by atoms with Crippen molar-refractivity contribution in [1.29, 1.82) is 0 Å². The quantitative estimate of drug-likeness (QED) is 0.883. The summed E-state index contributed by atoms with van der Waals surface area (Å²) in [5.41, 5.74) is 0.415. The van der Waals surface area contributed by atoms with E-state index in [1.807, 2.05) is 0 Å². The van der Waals surface area contributed by atoms with Gasteiger partial charge in [-0.1, -0.05) is 0 Å². The number of benzene rings is 1. The maximum absolute atomic E-state index is 13.0. The fraction of sp³-hybridized carbons (Fsp3) is 0.417. The number of carbonyl (C=O) groups is 1. The first-order chi connectivity index (χ1) is 7.82. The van der Waals surface area contributed by atoms with Crippen LogP contribution in [0.3, 0.4) is 0 Å². The van der Waals surface area contributed by atoms with Crippen molar-refractivity contribution in [1.82, 2.24) is 4.90 Å². The highest BCUT2D eigenvalue weighted by molar-refractivity contribution is 5.72. The molecule has 0 aliphatic rings. The largest absolute Gasteiger partial charge is 0.480 e. The second kappa shape index (κ2) is 5.23. The summed E-state index contributed by atoms with van der Waals surface area (Å²) in [6.45, 7) is 3.22. The molecule has 0 saturated carbocycles. The monoisotopic (exact) mass is 243 g/mol. The molecule has 2 atom stereocenters. The highest BCUT2D eigenvalue weighted by atomic mass is 19.1. The molecule has 3 nitrogen and oxygen atoms in total. The molecule has 0 fully saturated rings. The summed E-state index contributed by atoms with van der Waals surface area (Å²) in [5, 5.41) is 8.87. The van der Waals surface area contributed by atoms with Crippen LogP contribution in [0.25, 0.3) is 0 Å². The Morgan fingerprint density at radius 3 is 2.12 bits per heavy atom. The zero-order chi connectivity index (χ0) is 13.2. The van der Waals surface area contributed by atoms with Gasteiger partial charge < -0.3 is 5.11 Å². The number of nitrogens with zero attached hydrogens (tertiary/aromatic N) is 1. The lowest BCUT2D eigenvalue weighted by molar-refractivity contribution is -0.142. The van der Waals surface area contributed by atoms with Crippen molar-refractivity contribution in [2.24, 2.45) is 0 Å². The molecule has 5 heteroatoms. The SMILES string of the molecule is CC(C(=O)O)N(C)C(C)c1cc(F)cc(F)c1. The number of aliphatic carboxylic acids is 1. The van der Waals surface area contributed by atoms with Gasteiger partial charge in [0, 0.05) is 12.1 Å². The van der Waals surface area contributed by atoms with Crippen molar-refractivity contribution in [3.63, 3.8) is 0 Å². The molecule has 0 amide bonds. The van der Waals surface area contributed by atoms with Crippen molar-refractivity contribution in [3.05, 3.63) is 35.4 Å². The van der Waals surface area contributed by atoms with Gasteiger partial charge in [0.1, 0.15) is 17.7 Å². The number of likely N-dealkylation sites (N-methyl/N-ethyl adjacent to an activating group) is 1. The predicted octanol–water partition coefficient (Wildman–Crippen LogP) is 2.43. The van der Waals surface area contributed by atoms with Gasteiger partial charge in [0.15, 0.2) is 0 Å². The highest BCUT2D eigenvalue weighted by Gasteiger charge is 2.23. The van der Waals surface area contributed by atoms with Crippen LogP contribution in [-0.4, -0.2) is 29.1 Å². The first-order valence-corrected chi connectivity index (χ1v) is 5.23. The summed E-state index contributed by atoms with van der Waals surface area (Å²) in [6, 6.07) is 2.09. The van der Waals surface area contributed by atoms with Crippen LogP contribution in [0.1, 0.15) is 25.5 Å². The third-order valence-corrected chi connectivity index (χ3v) is 2.95. The average molecular weight is 243 g/mol. The van der Waals surface area contributed by atoms with Crippen molar-refractivity contribution < 1.29 is 18.7 Å². The molecule has 0 aliphatic heterocycles. The minimum Gasteiger partial charge on any atom is -0.480 e. The first-order valence-electron chi connectivity index (χ1n) is 5.23. The van der Waals surface area contributed by atoms with E-state index in [1.54, 1.807) is 14.0 Å². The van der Waals surface area contributed by atoms with Crippen LogP contribution in [0, 0.1) is 11.6 Å². The molecule has 2 unspecified atom stereocenters. The fourth-order valence-corrected chi connectivity index (χ4v) is 1.56. The van der Waals surface area contributed by atoms with Gasteiger partial charge in [0.2, 0.25) is 0 Å². The average Bonchev–Trinajstić information content (AvgIpc) is 2.24. The van der Waals surface area contributed by atoms with E-state index in [0.717, 1.165) is 6.07 Å². The lowest BCUT2D eigenvalue weighted by atomic mass is 10.1. The van der Waals surface area contributed by atoms with Crippen LogP contribution in [0.4, 0.5) is 8.78 Å². The summed E-state index contributed by atoms with van der Waals surface area (Å²) in [5.74, 6) is -2.30. The van der Waals surface area contributed by atoms with E-state index in [4.69, 9.17) is 5.11 Å². The van der Waals surface area contributed by atoms with E-state index < -0.39 is 23.6 Å². The maximum Gasteiger partial charge on any atom is 0.320 e. The van der Waals surface area contributed by atoms with Crippen LogP contribution < -0.4 is 0 Å². The van der Waals surface area contributed by atoms with Crippen molar-refractivity contribution in [2.75, 3.05) is 7.05 Å². The molecule has 94 valence electrons. The molecule has 1 aromatic rings. The predicted molar refractivity (Wildman–Crippen MR) is 59.6 cm³/mol. The third kappa shape index (κ3) is 3.23. The molecule has 17 heavy (non-hydrogen) atoms. The Labute approximate surface area is 98.7 Å². The molecule has 0 aliphatic carbocycles. The Hall–Kier alpha value is -1.49. The number of hydrogen-bond acceptors (Lipinski definition) is 2. The lowest BCUT2D eigenvalue weighted by Crippen LogP contribution is -2.37. The van der Waals surface area contributed by atoms with Gasteiger partial charge in [-0.15, -0.1) is 0 Å². The minimum absolute atomic E-state index is 0.383. The summed E-state index contributed by atoms with van der Waals surface area (Å²) in [7, 11) is 1.60. The standard InChI is InChI=1S/C12H15F2NO2/c1-7(15(3)8(2)12(16)17)9-4-10(13)6-11(14)5-9/h4-8H,1-3H3,(H,16,17). The normalized spacial score (nSPS) is 14.7. The van der Waals surface area contributed by atoms with Gasteiger partial charge in [-0.2, -0.15) is 0 Å². The number of hydrogen-bond donors (Lipinski definition) is 1. The van der Waals surface area contributed by atoms with E-state index in [-0.39, 0.29) is 6.04 Å². The summed E-state index contributed by atoms with van der Waals surface area (Å²) < 4.78 is 26.1. The smallest absolute Gasteiger partial charge is 0.320 e. The van der Waals surface area contributed by atoms with Crippen LogP contribution in [0.5, 0.6) is 0 Å². The first kappa shape index (κ1) is 13.6. The maximum atomic E-state index is 13.0. The minimum atomic E-state index is -0.976. The van der Waals surface area contributed by atoms with Gasteiger partial charge in [-0.25, -0.2) is 8.78 Å². The topological polar surface area (TPSA) is 40.5 Å². The van der Waals surface area contributed by atoms with Gasteiger partial charge in [0.05, 0.1) is 0 Å². The molecule has 1 rings (SSSR count). The van der Waals surface area contributed by atoms with Crippen LogP contribution in [0.15, 0.2) is 18.2 Å². The third-order valence-electron chi connectivity index (χ3n) is 2.95. The molecule has 0 heterocycles. The summed E-state index contributed by atoms with van der Waals surface area (Å²) in [4.78, 5) is 12.4. The van der Waals surface area contributed by atoms with Crippen LogP contribution in [0.2, 0.25) is 0 Å². The number of carboxylic acid groups (broad SMARTS) is 1. The van der Waals surface area contributed by atoms with Gasteiger partial charge in [0.25, 0.3) is 0 Å². The Balaban J connectivity index is 2.95. The molecule has 0 aromatic heterocycles. The van der Waals surface area contributed by atoms with E-state index >= 15 is 0 Å². The van der Waals surface area contributed by atoms with Gasteiger partial charge in [-0.05, 0) is 38.6 Å². The van der Waals surface area contributed by atoms with E-state index in [1.165, 1.54) is 24.0 Å². The van der Waals surface area contributed by atoms with Gasteiger partial charge in [-0.3, -0.25) is 9.69 Å². The van der Waals surface area contributed by atoms with Crippen LogP contribution in [-0.2, 0) is 4.79 Å². The Morgan fingerprint density at radius 1 is 1.24 bits per heavy atom. The molecule has 0 spiro atoms. The summed E-state index contributed by atoms with van der Waals surface area (Å²) >= 11 is 0. The van der Waals surface area contributed by atoms with Crippen molar-refractivity contribution in [3.8, 4) is 0 Å². The van der Waals surface area contributed by atoms with Crippen LogP contribution >= 0.6 is 0 Å². The molecule has 0 radical (unpaired) electrons. The van der Waals surface area contributed by atoms with Crippen molar-refractivity contribution in [2.45, 2.75) is 25.9 Å². The fourth-order valence-electron chi connectivity index (χ4n) is 1.56. The number of halogens is 2.